The van der Waals surface area contributed by atoms with Crippen molar-refractivity contribution in [2.75, 3.05) is 7.05 Å². The predicted octanol–water partition coefficient (Wildman–Crippen LogP) is 5.77. The third-order valence-electron chi connectivity index (χ3n) is 7.15. The van der Waals surface area contributed by atoms with Gasteiger partial charge in [-0.2, -0.15) is 16.4 Å². The molecule has 5 nitrogen and oxygen atoms in total. The lowest BCUT2D eigenvalue weighted by Gasteiger charge is -2.47. The number of benzene rings is 1. The summed E-state index contributed by atoms with van der Waals surface area (Å²) in [6, 6.07) is 14.1. The monoisotopic (exact) mass is 462 g/mol. The van der Waals surface area contributed by atoms with Crippen molar-refractivity contribution < 1.29 is 4.79 Å². The smallest absolute Gasteiger partial charge is 0.272 e. The Morgan fingerprint density at radius 3 is 2.62 bits per heavy atom. The first-order chi connectivity index (χ1) is 15.7. The summed E-state index contributed by atoms with van der Waals surface area (Å²) in [7, 11) is 2.24. The zero-order chi connectivity index (χ0) is 21.7. The van der Waals surface area contributed by atoms with E-state index in [1.807, 2.05) is 6.07 Å². The van der Waals surface area contributed by atoms with Gasteiger partial charge in [0.25, 0.3) is 5.91 Å². The van der Waals surface area contributed by atoms with E-state index in [9.17, 15) is 4.79 Å². The SMILES string of the molecule is CN1[C@@H]2CCC[C@H]1CC(NC(=O)c1n[nH]c3ccc(-c4ccc(-c5ccsc5)s4)cc13)C2. The van der Waals surface area contributed by atoms with Gasteiger partial charge < -0.3 is 10.2 Å². The van der Waals surface area contributed by atoms with Crippen LogP contribution in [0.4, 0.5) is 0 Å². The van der Waals surface area contributed by atoms with Crippen LogP contribution in [0.3, 0.4) is 0 Å². The lowest BCUT2D eigenvalue weighted by atomic mass is 9.82. The van der Waals surface area contributed by atoms with Crippen molar-refractivity contribution in [3.05, 3.63) is 52.9 Å². The molecule has 3 aromatic heterocycles. The number of aromatic nitrogens is 2. The molecule has 0 radical (unpaired) electrons. The van der Waals surface area contributed by atoms with E-state index in [2.05, 4.69) is 68.6 Å². The lowest BCUT2D eigenvalue weighted by Crippen LogP contribution is -2.55. The normalized spacial score (nSPS) is 23.5. The summed E-state index contributed by atoms with van der Waals surface area (Å²) in [4.78, 5) is 18.2. The number of amides is 1. The lowest BCUT2D eigenvalue weighted by molar-refractivity contribution is 0.0462. The summed E-state index contributed by atoms with van der Waals surface area (Å²) in [5.41, 5.74) is 3.78. The topological polar surface area (TPSA) is 61.0 Å². The molecule has 2 N–H and O–H groups in total. The Hall–Kier alpha value is -2.48. The van der Waals surface area contributed by atoms with Crippen LogP contribution in [0.25, 0.3) is 31.8 Å². The number of carbonyl (C=O) groups excluding carboxylic acids is 1. The number of nitrogens with one attached hydrogen (secondary N) is 2. The molecule has 2 bridgehead atoms. The summed E-state index contributed by atoms with van der Waals surface area (Å²) < 4.78 is 0. The van der Waals surface area contributed by atoms with Crippen LogP contribution in [-0.2, 0) is 0 Å². The number of fused-ring (bicyclic) bond motifs is 3. The van der Waals surface area contributed by atoms with Crippen LogP contribution in [-0.4, -0.2) is 46.2 Å². The second-order valence-corrected chi connectivity index (χ2v) is 10.9. The minimum absolute atomic E-state index is 0.0637. The van der Waals surface area contributed by atoms with Crippen molar-refractivity contribution in [2.24, 2.45) is 0 Å². The number of H-pyrrole nitrogens is 1. The molecule has 1 unspecified atom stereocenters. The molecule has 1 aromatic carbocycles. The van der Waals surface area contributed by atoms with E-state index in [0.29, 0.717) is 17.8 Å². The first kappa shape index (κ1) is 20.1. The van der Waals surface area contributed by atoms with E-state index in [0.717, 1.165) is 29.3 Å². The van der Waals surface area contributed by atoms with Gasteiger partial charge >= 0.3 is 0 Å². The van der Waals surface area contributed by atoms with Crippen molar-refractivity contribution in [1.29, 1.82) is 0 Å². The maximum Gasteiger partial charge on any atom is 0.272 e. The first-order valence-electron chi connectivity index (χ1n) is 11.3. The molecule has 4 aromatic rings. The van der Waals surface area contributed by atoms with E-state index >= 15 is 0 Å². The second kappa shape index (κ2) is 8.14. The van der Waals surface area contributed by atoms with Gasteiger partial charge in [-0.05, 0) is 79.4 Å². The van der Waals surface area contributed by atoms with Crippen LogP contribution in [0.5, 0.6) is 0 Å². The molecule has 2 aliphatic heterocycles. The summed E-state index contributed by atoms with van der Waals surface area (Å²) in [6.45, 7) is 0. The summed E-state index contributed by atoms with van der Waals surface area (Å²) in [5.74, 6) is -0.0637. The zero-order valence-corrected chi connectivity index (χ0v) is 19.6. The highest BCUT2D eigenvalue weighted by molar-refractivity contribution is 7.19. The molecule has 3 atom stereocenters. The van der Waals surface area contributed by atoms with Gasteiger partial charge in [-0.1, -0.05) is 12.5 Å². The predicted molar refractivity (Wildman–Crippen MR) is 132 cm³/mol. The number of thiophene rings is 2. The summed E-state index contributed by atoms with van der Waals surface area (Å²) in [5, 5.41) is 15.9. The van der Waals surface area contributed by atoms with Crippen LogP contribution >= 0.6 is 22.7 Å². The molecule has 2 aliphatic rings. The third kappa shape index (κ3) is 3.58. The van der Waals surface area contributed by atoms with E-state index in [1.165, 1.54) is 34.6 Å². The number of rotatable bonds is 4. The molecule has 7 heteroatoms. The molecule has 0 saturated carbocycles. The minimum atomic E-state index is -0.0637. The van der Waals surface area contributed by atoms with Gasteiger partial charge in [0.05, 0.1) is 5.52 Å². The van der Waals surface area contributed by atoms with Crippen molar-refractivity contribution in [1.82, 2.24) is 20.4 Å². The number of piperidine rings is 2. The standard InChI is InChI=1S/C25H26N4OS2/c1-29-18-3-2-4-19(29)13-17(12-18)26-25(30)24-20-11-15(5-6-21(20)27-28-24)22-7-8-23(32-22)16-9-10-31-14-16/h5-11,14,17-19H,2-4,12-13H2,1H3,(H,26,30)(H,27,28)/t17?,18-,19+. The maximum absolute atomic E-state index is 13.2. The van der Waals surface area contributed by atoms with Gasteiger partial charge in [-0.15, -0.1) is 11.3 Å². The summed E-state index contributed by atoms with van der Waals surface area (Å²) >= 11 is 3.49. The maximum atomic E-state index is 13.2. The van der Waals surface area contributed by atoms with Crippen molar-refractivity contribution in [2.45, 2.75) is 50.2 Å². The average molecular weight is 463 g/mol. The van der Waals surface area contributed by atoms with Crippen LogP contribution < -0.4 is 5.32 Å². The number of carbonyl (C=O) groups is 1. The highest BCUT2D eigenvalue weighted by Gasteiger charge is 2.36. The van der Waals surface area contributed by atoms with Crippen LogP contribution in [0.2, 0.25) is 0 Å². The highest BCUT2D eigenvalue weighted by atomic mass is 32.1. The largest absolute Gasteiger partial charge is 0.348 e. The zero-order valence-electron chi connectivity index (χ0n) is 18.0. The molecule has 2 saturated heterocycles. The minimum Gasteiger partial charge on any atom is -0.348 e. The Bertz CT molecular complexity index is 1240. The number of hydrogen-bond donors (Lipinski definition) is 2. The van der Waals surface area contributed by atoms with Crippen LogP contribution in [0.1, 0.15) is 42.6 Å². The van der Waals surface area contributed by atoms with Crippen LogP contribution in [0, 0.1) is 0 Å². The number of aromatic amines is 1. The van der Waals surface area contributed by atoms with Gasteiger partial charge in [0.1, 0.15) is 0 Å². The van der Waals surface area contributed by atoms with E-state index < -0.39 is 0 Å². The number of nitrogens with zero attached hydrogens (tertiary/aromatic N) is 2. The Morgan fingerprint density at radius 1 is 1.09 bits per heavy atom. The fourth-order valence-corrected chi connectivity index (χ4v) is 7.11. The van der Waals surface area contributed by atoms with Crippen molar-refractivity contribution in [3.8, 4) is 20.9 Å². The van der Waals surface area contributed by atoms with Gasteiger partial charge in [0.2, 0.25) is 0 Å². The molecular formula is C25H26N4OS2. The fourth-order valence-electron chi connectivity index (χ4n) is 5.38. The Morgan fingerprint density at radius 2 is 1.88 bits per heavy atom. The number of hydrogen-bond acceptors (Lipinski definition) is 5. The third-order valence-corrected chi connectivity index (χ3v) is 9.02. The molecule has 32 heavy (non-hydrogen) atoms. The highest BCUT2D eigenvalue weighted by Crippen LogP contribution is 2.37. The molecule has 0 aliphatic carbocycles. The molecule has 164 valence electrons. The Labute approximate surface area is 195 Å². The molecule has 1 amide bonds. The van der Waals surface area contributed by atoms with Gasteiger partial charge in [-0.3, -0.25) is 9.89 Å². The quantitative estimate of drug-likeness (QED) is 0.405. The van der Waals surface area contributed by atoms with Crippen LogP contribution in [0.15, 0.2) is 47.2 Å². The first-order valence-corrected chi connectivity index (χ1v) is 13.1. The van der Waals surface area contributed by atoms with E-state index in [-0.39, 0.29) is 11.9 Å². The average Bonchev–Trinajstić information content (AvgIpc) is 3.53. The molecule has 2 fully saturated rings. The molecule has 5 heterocycles. The molecular weight excluding hydrogens is 436 g/mol. The fraction of sp³-hybridized carbons (Fsp3) is 0.360. The van der Waals surface area contributed by atoms with Gasteiger partial charge in [-0.25, -0.2) is 0 Å². The molecule has 6 rings (SSSR count). The van der Waals surface area contributed by atoms with Crippen molar-refractivity contribution >= 4 is 39.5 Å². The van der Waals surface area contributed by atoms with Gasteiger partial charge in [0.15, 0.2) is 5.69 Å². The van der Waals surface area contributed by atoms with Gasteiger partial charge in [0, 0.05) is 38.8 Å². The van der Waals surface area contributed by atoms with Crippen molar-refractivity contribution in [3.63, 3.8) is 0 Å². The second-order valence-electron chi connectivity index (χ2n) is 9.05. The Kier molecular flexibility index (Phi) is 5.12. The Balaban J connectivity index is 1.25. The summed E-state index contributed by atoms with van der Waals surface area (Å²) in [6.07, 6.45) is 5.86. The van der Waals surface area contributed by atoms with E-state index in [4.69, 9.17) is 0 Å². The molecule has 0 spiro atoms. The van der Waals surface area contributed by atoms with E-state index in [1.54, 1.807) is 22.7 Å².